The predicted molar refractivity (Wildman–Crippen MR) is 69.9 cm³/mol. The Bertz CT molecular complexity index is 591. The van der Waals surface area contributed by atoms with Crippen molar-refractivity contribution in [2.45, 2.75) is 13.1 Å². The SMILES string of the molecule is CCNc1cc(C(F)(F)F)cc(Nc2ccn(C)n2)n1. The molecule has 0 aliphatic heterocycles. The van der Waals surface area contributed by atoms with E-state index in [4.69, 9.17) is 0 Å². The van der Waals surface area contributed by atoms with Crippen LogP contribution in [0, 0.1) is 0 Å². The fraction of sp³-hybridized carbons (Fsp3) is 0.333. The van der Waals surface area contributed by atoms with E-state index >= 15 is 0 Å². The van der Waals surface area contributed by atoms with Gasteiger partial charge in [0, 0.05) is 25.9 Å². The molecule has 8 heteroatoms. The zero-order valence-electron chi connectivity index (χ0n) is 11.0. The Morgan fingerprint density at radius 1 is 1.20 bits per heavy atom. The summed E-state index contributed by atoms with van der Waals surface area (Å²) in [7, 11) is 1.72. The van der Waals surface area contributed by atoms with Crippen LogP contribution in [0.1, 0.15) is 12.5 Å². The molecule has 2 N–H and O–H groups in total. The summed E-state index contributed by atoms with van der Waals surface area (Å²) in [5, 5.41) is 9.57. The summed E-state index contributed by atoms with van der Waals surface area (Å²) in [5.74, 6) is 0.692. The van der Waals surface area contributed by atoms with E-state index in [1.165, 1.54) is 0 Å². The number of hydrogen-bond donors (Lipinski definition) is 2. The third-order valence-corrected chi connectivity index (χ3v) is 2.48. The molecule has 0 spiro atoms. The van der Waals surface area contributed by atoms with Gasteiger partial charge in [0.05, 0.1) is 5.56 Å². The van der Waals surface area contributed by atoms with Crippen LogP contribution >= 0.6 is 0 Å². The fourth-order valence-electron chi connectivity index (χ4n) is 1.64. The maximum atomic E-state index is 12.8. The summed E-state index contributed by atoms with van der Waals surface area (Å²) in [6, 6.07) is 3.58. The van der Waals surface area contributed by atoms with E-state index in [0.717, 1.165) is 12.1 Å². The van der Waals surface area contributed by atoms with Crippen LogP contribution < -0.4 is 10.6 Å². The van der Waals surface area contributed by atoms with Gasteiger partial charge in [0.15, 0.2) is 5.82 Å². The maximum Gasteiger partial charge on any atom is 0.416 e. The topological polar surface area (TPSA) is 54.8 Å². The van der Waals surface area contributed by atoms with Crippen molar-refractivity contribution in [2.24, 2.45) is 7.05 Å². The number of hydrogen-bond acceptors (Lipinski definition) is 4. The largest absolute Gasteiger partial charge is 0.416 e. The molecular weight excluding hydrogens is 271 g/mol. The number of aryl methyl sites for hydroxylation is 1. The van der Waals surface area contributed by atoms with Gasteiger partial charge in [-0.05, 0) is 19.1 Å². The van der Waals surface area contributed by atoms with Gasteiger partial charge < -0.3 is 10.6 Å². The quantitative estimate of drug-likeness (QED) is 0.906. The molecule has 108 valence electrons. The van der Waals surface area contributed by atoms with Gasteiger partial charge in [-0.1, -0.05) is 0 Å². The summed E-state index contributed by atoms with van der Waals surface area (Å²) < 4.78 is 40.0. The van der Waals surface area contributed by atoms with Crippen molar-refractivity contribution in [3.8, 4) is 0 Å². The molecule has 0 saturated carbocycles. The summed E-state index contributed by atoms with van der Waals surface area (Å²) in [4.78, 5) is 4.07. The smallest absolute Gasteiger partial charge is 0.370 e. The van der Waals surface area contributed by atoms with E-state index in [0.29, 0.717) is 12.4 Å². The Morgan fingerprint density at radius 3 is 2.45 bits per heavy atom. The minimum absolute atomic E-state index is 0.0921. The Balaban J connectivity index is 2.33. The average Bonchev–Trinajstić information content (AvgIpc) is 2.74. The molecule has 5 nitrogen and oxygen atoms in total. The highest BCUT2D eigenvalue weighted by molar-refractivity contribution is 5.56. The second-order valence-electron chi connectivity index (χ2n) is 4.15. The monoisotopic (exact) mass is 285 g/mol. The molecule has 0 saturated heterocycles. The van der Waals surface area contributed by atoms with Crippen LogP contribution in [-0.4, -0.2) is 21.3 Å². The Labute approximate surface area is 113 Å². The highest BCUT2D eigenvalue weighted by atomic mass is 19.4. The van der Waals surface area contributed by atoms with Crippen LogP contribution in [0.2, 0.25) is 0 Å². The third-order valence-electron chi connectivity index (χ3n) is 2.48. The third kappa shape index (κ3) is 3.40. The van der Waals surface area contributed by atoms with Crippen molar-refractivity contribution in [1.82, 2.24) is 14.8 Å². The van der Waals surface area contributed by atoms with Gasteiger partial charge in [0.2, 0.25) is 0 Å². The molecule has 2 aromatic heterocycles. The predicted octanol–water partition coefficient (Wildman–Crippen LogP) is 3.01. The van der Waals surface area contributed by atoms with E-state index in [1.54, 1.807) is 30.9 Å². The number of rotatable bonds is 4. The molecule has 0 aliphatic carbocycles. The Hall–Kier alpha value is -2.25. The number of aromatic nitrogens is 3. The van der Waals surface area contributed by atoms with Crippen molar-refractivity contribution in [2.75, 3.05) is 17.2 Å². The molecule has 0 atom stereocenters. The molecule has 0 aliphatic rings. The first-order chi connectivity index (χ1) is 9.38. The Morgan fingerprint density at radius 2 is 1.90 bits per heavy atom. The Kier molecular flexibility index (Phi) is 3.82. The lowest BCUT2D eigenvalue weighted by molar-refractivity contribution is -0.137. The minimum atomic E-state index is -4.42. The highest BCUT2D eigenvalue weighted by Gasteiger charge is 2.31. The average molecular weight is 285 g/mol. The summed E-state index contributed by atoms with van der Waals surface area (Å²) in [5.41, 5.74) is -0.762. The molecule has 2 heterocycles. The van der Waals surface area contributed by atoms with Crippen LogP contribution in [0.3, 0.4) is 0 Å². The summed E-state index contributed by atoms with van der Waals surface area (Å²) in [6.07, 6.45) is -2.74. The van der Waals surface area contributed by atoms with Gasteiger partial charge in [-0.2, -0.15) is 18.3 Å². The zero-order chi connectivity index (χ0) is 14.8. The molecule has 0 radical (unpaired) electrons. The first kappa shape index (κ1) is 14.2. The van der Waals surface area contributed by atoms with Crippen molar-refractivity contribution in [1.29, 1.82) is 0 Å². The summed E-state index contributed by atoms with van der Waals surface area (Å²) >= 11 is 0. The molecule has 20 heavy (non-hydrogen) atoms. The number of pyridine rings is 1. The van der Waals surface area contributed by atoms with Crippen LogP contribution in [0.25, 0.3) is 0 Å². The van der Waals surface area contributed by atoms with E-state index in [-0.39, 0.29) is 11.6 Å². The van der Waals surface area contributed by atoms with Gasteiger partial charge in [-0.3, -0.25) is 4.68 Å². The van der Waals surface area contributed by atoms with Crippen LogP contribution in [0.15, 0.2) is 24.4 Å². The lowest BCUT2D eigenvalue weighted by Crippen LogP contribution is -2.09. The van der Waals surface area contributed by atoms with E-state index in [2.05, 4.69) is 20.7 Å². The number of halogens is 3. The van der Waals surface area contributed by atoms with Crippen molar-refractivity contribution in [3.05, 3.63) is 30.0 Å². The zero-order valence-corrected chi connectivity index (χ0v) is 11.0. The van der Waals surface area contributed by atoms with Gasteiger partial charge >= 0.3 is 6.18 Å². The molecule has 0 amide bonds. The van der Waals surface area contributed by atoms with Gasteiger partial charge in [0.1, 0.15) is 11.6 Å². The normalized spacial score (nSPS) is 11.4. The van der Waals surface area contributed by atoms with E-state index in [9.17, 15) is 13.2 Å². The van der Waals surface area contributed by atoms with Gasteiger partial charge in [0.25, 0.3) is 0 Å². The molecule has 0 unspecified atom stereocenters. The molecule has 2 rings (SSSR count). The maximum absolute atomic E-state index is 12.8. The first-order valence-electron chi connectivity index (χ1n) is 5.98. The minimum Gasteiger partial charge on any atom is -0.370 e. The lowest BCUT2D eigenvalue weighted by atomic mass is 10.2. The standard InChI is InChI=1S/C12H14F3N5/c1-3-16-10-6-8(12(13,14)15)7-11(18-10)17-9-4-5-20(2)19-9/h4-7H,3H2,1-2H3,(H2,16,17,18,19). The van der Waals surface area contributed by atoms with Gasteiger partial charge in [-0.25, -0.2) is 4.98 Å². The molecule has 2 aromatic rings. The van der Waals surface area contributed by atoms with Crippen molar-refractivity contribution in [3.63, 3.8) is 0 Å². The fourth-order valence-corrected chi connectivity index (χ4v) is 1.64. The molecule has 0 aromatic carbocycles. The first-order valence-corrected chi connectivity index (χ1v) is 5.98. The second kappa shape index (κ2) is 5.40. The van der Waals surface area contributed by atoms with Crippen LogP contribution in [0.5, 0.6) is 0 Å². The number of anilines is 3. The van der Waals surface area contributed by atoms with E-state index < -0.39 is 11.7 Å². The molecular formula is C12H14F3N5. The number of nitrogens with one attached hydrogen (secondary N) is 2. The van der Waals surface area contributed by atoms with Crippen LogP contribution in [0.4, 0.5) is 30.6 Å². The second-order valence-corrected chi connectivity index (χ2v) is 4.15. The van der Waals surface area contributed by atoms with Crippen molar-refractivity contribution < 1.29 is 13.2 Å². The van der Waals surface area contributed by atoms with Crippen molar-refractivity contribution >= 4 is 17.5 Å². The molecule has 0 fully saturated rings. The molecule has 0 bridgehead atoms. The summed E-state index contributed by atoms with van der Waals surface area (Å²) in [6.45, 7) is 2.27. The van der Waals surface area contributed by atoms with Crippen LogP contribution in [-0.2, 0) is 13.2 Å². The lowest BCUT2D eigenvalue weighted by Gasteiger charge is -2.12. The van der Waals surface area contributed by atoms with E-state index in [1.807, 2.05) is 0 Å². The number of alkyl halides is 3. The highest BCUT2D eigenvalue weighted by Crippen LogP contribution is 2.32. The van der Waals surface area contributed by atoms with Gasteiger partial charge in [-0.15, -0.1) is 0 Å². The number of nitrogens with zero attached hydrogens (tertiary/aromatic N) is 3.